The van der Waals surface area contributed by atoms with Crippen LogP contribution in [0.25, 0.3) is 0 Å². The van der Waals surface area contributed by atoms with Crippen LogP contribution in [0.5, 0.6) is 11.5 Å². The van der Waals surface area contributed by atoms with Crippen molar-refractivity contribution in [3.8, 4) is 11.5 Å². The zero-order valence-corrected chi connectivity index (χ0v) is 13.2. The molecular weight excluding hydrogens is 280 g/mol. The van der Waals surface area contributed by atoms with Crippen LogP contribution in [0.15, 0.2) is 18.2 Å². The van der Waals surface area contributed by atoms with E-state index in [9.17, 15) is 4.79 Å². The number of rotatable bonds is 7. The third kappa shape index (κ3) is 5.27. The molecule has 2 N–H and O–H groups in total. The van der Waals surface area contributed by atoms with Crippen LogP contribution in [0.3, 0.4) is 0 Å². The Kier molecular flexibility index (Phi) is 8.76. The summed E-state index contributed by atoms with van der Waals surface area (Å²) in [6.07, 6.45) is -0.556. The van der Waals surface area contributed by atoms with Crippen LogP contribution >= 0.6 is 12.4 Å². The van der Waals surface area contributed by atoms with Gasteiger partial charge in [0.15, 0.2) is 17.6 Å². The van der Waals surface area contributed by atoms with Gasteiger partial charge in [0.1, 0.15) is 0 Å². The van der Waals surface area contributed by atoms with Gasteiger partial charge < -0.3 is 20.1 Å². The Bertz CT molecular complexity index is 427. The molecule has 1 amide bonds. The van der Waals surface area contributed by atoms with Crippen LogP contribution in [0.2, 0.25) is 0 Å². The monoisotopic (exact) mass is 302 g/mol. The number of likely N-dealkylation sites (N-methyl/N-ethyl adjacent to an activating group) is 1. The van der Waals surface area contributed by atoms with E-state index in [-0.39, 0.29) is 18.3 Å². The zero-order valence-electron chi connectivity index (χ0n) is 12.4. The predicted molar refractivity (Wildman–Crippen MR) is 81.8 cm³/mol. The summed E-state index contributed by atoms with van der Waals surface area (Å²) in [5.41, 5.74) is 1.10. The van der Waals surface area contributed by atoms with E-state index < -0.39 is 6.10 Å². The lowest BCUT2D eigenvalue weighted by molar-refractivity contribution is -0.126. The summed E-state index contributed by atoms with van der Waals surface area (Å²) in [6.45, 7) is 4.92. The quantitative estimate of drug-likeness (QED) is 0.805. The van der Waals surface area contributed by atoms with Crippen molar-refractivity contribution in [2.75, 3.05) is 20.7 Å². The molecule has 0 aliphatic rings. The molecule has 0 bridgehead atoms. The Morgan fingerprint density at radius 1 is 1.30 bits per heavy atom. The third-order valence-corrected chi connectivity index (χ3v) is 2.61. The first kappa shape index (κ1) is 18.5. The van der Waals surface area contributed by atoms with Crippen molar-refractivity contribution in [2.45, 2.75) is 26.5 Å². The molecule has 0 aliphatic heterocycles. The molecule has 0 radical (unpaired) electrons. The van der Waals surface area contributed by atoms with E-state index in [4.69, 9.17) is 9.47 Å². The van der Waals surface area contributed by atoms with Gasteiger partial charge >= 0.3 is 0 Å². The molecule has 0 spiro atoms. The Labute approximate surface area is 126 Å². The molecule has 1 unspecified atom stereocenters. The maximum absolute atomic E-state index is 11.5. The molecule has 20 heavy (non-hydrogen) atoms. The highest BCUT2D eigenvalue weighted by Gasteiger charge is 2.15. The smallest absolute Gasteiger partial charge is 0.260 e. The first-order valence-electron chi connectivity index (χ1n) is 6.41. The second-order valence-corrected chi connectivity index (χ2v) is 4.12. The van der Waals surface area contributed by atoms with Gasteiger partial charge in [-0.25, -0.2) is 0 Å². The topological polar surface area (TPSA) is 59.6 Å². The van der Waals surface area contributed by atoms with Crippen molar-refractivity contribution in [2.24, 2.45) is 0 Å². The summed E-state index contributed by atoms with van der Waals surface area (Å²) in [7, 11) is 3.47. The fourth-order valence-corrected chi connectivity index (χ4v) is 1.68. The van der Waals surface area contributed by atoms with Crippen molar-refractivity contribution in [1.29, 1.82) is 0 Å². The van der Waals surface area contributed by atoms with Crippen molar-refractivity contribution >= 4 is 18.3 Å². The number of hydrogen-bond donors (Lipinski definition) is 2. The molecule has 0 saturated heterocycles. The van der Waals surface area contributed by atoms with Gasteiger partial charge in [-0.2, -0.15) is 0 Å². The SMILES string of the molecule is CCOc1cc(CNC)ccc1OC(C)C(=O)NC.Cl. The number of benzene rings is 1. The lowest BCUT2D eigenvalue weighted by Crippen LogP contribution is -2.33. The highest BCUT2D eigenvalue weighted by molar-refractivity contribution is 5.85. The molecular formula is C14H23ClN2O3. The average Bonchev–Trinajstić information content (AvgIpc) is 2.41. The summed E-state index contributed by atoms with van der Waals surface area (Å²) in [4.78, 5) is 11.5. The van der Waals surface area contributed by atoms with Crippen LogP contribution < -0.4 is 20.1 Å². The first-order valence-corrected chi connectivity index (χ1v) is 6.41. The number of nitrogens with one attached hydrogen (secondary N) is 2. The van der Waals surface area contributed by atoms with Gasteiger partial charge in [0.05, 0.1) is 6.61 Å². The van der Waals surface area contributed by atoms with Gasteiger partial charge in [0.25, 0.3) is 5.91 Å². The number of hydrogen-bond acceptors (Lipinski definition) is 4. The molecule has 0 aliphatic carbocycles. The molecule has 0 saturated carbocycles. The lowest BCUT2D eigenvalue weighted by Gasteiger charge is -2.17. The summed E-state index contributed by atoms with van der Waals surface area (Å²) >= 11 is 0. The Hall–Kier alpha value is -1.46. The molecule has 114 valence electrons. The number of halogens is 1. The van der Waals surface area contributed by atoms with Crippen LogP contribution in [0, 0.1) is 0 Å². The largest absolute Gasteiger partial charge is 0.490 e. The second kappa shape index (κ2) is 9.44. The number of ether oxygens (including phenoxy) is 2. The standard InChI is InChI=1S/C14H22N2O3.ClH/c1-5-18-13-8-11(9-15-3)6-7-12(13)19-10(2)14(17)16-4;/h6-8,10,15H,5,9H2,1-4H3,(H,16,17);1H. The normalized spacial score (nSPS) is 11.2. The van der Waals surface area contributed by atoms with Gasteiger partial charge in [-0.05, 0) is 38.6 Å². The molecule has 1 aromatic rings. The van der Waals surface area contributed by atoms with Crippen molar-refractivity contribution in [3.05, 3.63) is 23.8 Å². The highest BCUT2D eigenvalue weighted by atomic mass is 35.5. The molecule has 1 rings (SSSR count). The van der Waals surface area contributed by atoms with E-state index >= 15 is 0 Å². The molecule has 0 fully saturated rings. The minimum atomic E-state index is -0.556. The van der Waals surface area contributed by atoms with Crippen LogP contribution in [-0.4, -0.2) is 32.7 Å². The molecule has 0 heterocycles. The van der Waals surface area contributed by atoms with E-state index in [1.807, 2.05) is 32.2 Å². The van der Waals surface area contributed by atoms with Gasteiger partial charge in [-0.1, -0.05) is 6.07 Å². The van der Waals surface area contributed by atoms with Gasteiger partial charge in [0, 0.05) is 13.6 Å². The number of amides is 1. The third-order valence-electron chi connectivity index (χ3n) is 2.61. The fraction of sp³-hybridized carbons (Fsp3) is 0.500. The Morgan fingerprint density at radius 3 is 2.55 bits per heavy atom. The first-order chi connectivity index (χ1) is 9.12. The number of carbonyl (C=O) groups is 1. The van der Waals surface area contributed by atoms with Gasteiger partial charge in [0.2, 0.25) is 0 Å². The molecule has 0 aromatic heterocycles. The summed E-state index contributed by atoms with van der Waals surface area (Å²) in [6, 6.07) is 5.70. The van der Waals surface area contributed by atoms with E-state index in [2.05, 4.69) is 10.6 Å². The maximum Gasteiger partial charge on any atom is 0.260 e. The highest BCUT2D eigenvalue weighted by Crippen LogP contribution is 2.29. The number of carbonyl (C=O) groups excluding carboxylic acids is 1. The molecule has 1 aromatic carbocycles. The van der Waals surface area contributed by atoms with Crippen molar-refractivity contribution in [1.82, 2.24) is 10.6 Å². The van der Waals surface area contributed by atoms with Crippen molar-refractivity contribution < 1.29 is 14.3 Å². The zero-order chi connectivity index (χ0) is 14.3. The van der Waals surface area contributed by atoms with Gasteiger partial charge in [-0.15, -0.1) is 12.4 Å². The van der Waals surface area contributed by atoms with E-state index in [0.717, 1.165) is 12.1 Å². The predicted octanol–water partition coefficient (Wildman–Crippen LogP) is 1.74. The van der Waals surface area contributed by atoms with Gasteiger partial charge in [-0.3, -0.25) is 4.79 Å². The van der Waals surface area contributed by atoms with E-state index in [1.165, 1.54) is 0 Å². The minimum Gasteiger partial charge on any atom is -0.490 e. The molecule has 5 nitrogen and oxygen atoms in total. The lowest BCUT2D eigenvalue weighted by atomic mass is 10.2. The van der Waals surface area contributed by atoms with Crippen LogP contribution in [0.1, 0.15) is 19.4 Å². The van der Waals surface area contributed by atoms with Crippen molar-refractivity contribution in [3.63, 3.8) is 0 Å². The van der Waals surface area contributed by atoms with Crippen LogP contribution in [0.4, 0.5) is 0 Å². The second-order valence-electron chi connectivity index (χ2n) is 4.12. The summed E-state index contributed by atoms with van der Waals surface area (Å²) in [5.74, 6) is 1.07. The minimum absolute atomic E-state index is 0. The Morgan fingerprint density at radius 2 is 2.00 bits per heavy atom. The van der Waals surface area contributed by atoms with Crippen LogP contribution in [-0.2, 0) is 11.3 Å². The fourth-order valence-electron chi connectivity index (χ4n) is 1.68. The van der Waals surface area contributed by atoms with E-state index in [0.29, 0.717) is 18.1 Å². The molecule has 1 atom stereocenters. The summed E-state index contributed by atoms with van der Waals surface area (Å²) < 4.78 is 11.2. The average molecular weight is 303 g/mol. The maximum atomic E-state index is 11.5. The van der Waals surface area contributed by atoms with E-state index in [1.54, 1.807) is 14.0 Å². The summed E-state index contributed by atoms with van der Waals surface area (Å²) in [5, 5.41) is 5.63. The Balaban J connectivity index is 0.00000361. The molecule has 6 heteroatoms.